The number of Topliss-reactive ketones (excluding diaryl/α,β-unsaturated/α-hetero) is 1. The predicted octanol–water partition coefficient (Wildman–Crippen LogP) is 6.74. The quantitative estimate of drug-likeness (QED) is 0.486. The van der Waals surface area contributed by atoms with Gasteiger partial charge in [-0.2, -0.15) is 0 Å². The zero-order chi connectivity index (χ0) is 20.2. The Morgan fingerprint density at radius 1 is 1.00 bits per heavy atom. The lowest BCUT2D eigenvalue weighted by Gasteiger charge is -2.87. The van der Waals surface area contributed by atoms with E-state index in [9.17, 15) is 4.79 Å². The van der Waals surface area contributed by atoms with E-state index >= 15 is 0 Å². The van der Waals surface area contributed by atoms with E-state index in [1.807, 2.05) is 0 Å². The van der Waals surface area contributed by atoms with Gasteiger partial charge < -0.3 is 4.43 Å². The summed E-state index contributed by atoms with van der Waals surface area (Å²) in [4.78, 5) is 13.0. The van der Waals surface area contributed by atoms with Gasteiger partial charge in [-0.3, -0.25) is 4.79 Å². The molecule has 0 aliphatic heterocycles. The third kappa shape index (κ3) is 1.95. The van der Waals surface area contributed by atoms with E-state index in [2.05, 4.69) is 62.3 Å². The molecule has 2 spiro atoms. The van der Waals surface area contributed by atoms with Crippen LogP contribution in [0.5, 0.6) is 0 Å². The summed E-state index contributed by atoms with van der Waals surface area (Å²) in [5.41, 5.74) is 2.68. The first kappa shape index (κ1) is 20.1. The first-order valence-electron chi connectivity index (χ1n) is 11.5. The minimum Gasteiger partial charge on any atom is -0.413 e. The van der Waals surface area contributed by atoms with Crippen LogP contribution in [0.3, 0.4) is 0 Å². The van der Waals surface area contributed by atoms with Gasteiger partial charge in [-0.1, -0.05) is 62.3 Å². The number of carbonyl (C=O) groups is 1. The van der Waals surface area contributed by atoms with E-state index in [0.29, 0.717) is 39.8 Å². The van der Waals surface area contributed by atoms with Crippen LogP contribution in [0.25, 0.3) is 0 Å². The Morgan fingerprint density at radius 3 is 2.04 bits per heavy atom. The average Bonchev–Trinajstić information content (AvgIpc) is 2.52. The van der Waals surface area contributed by atoms with E-state index in [0.717, 1.165) is 6.42 Å². The Balaban J connectivity index is 1.68. The van der Waals surface area contributed by atoms with Gasteiger partial charge in [0.25, 0.3) is 0 Å². The maximum absolute atomic E-state index is 13.0. The molecule has 5 rings (SSSR count). The van der Waals surface area contributed by atoms with Crippen molar-refractivity contribution in [3.63, 3.8) is 0 Å². The Bertz CT molecular complexity index is 644. The molecule has 0 aromatic carbocycles. The molecule has 5 aliphatic rings. The minimum atomic E-state index is -1.90. The van der Waals surface area contributed by atoms with Crippen LogP contribution in [0.4, 0.5) is 0 Å². The first-order chi connectivity index (χ1) is 12.3. The summed E-state index contributed by atoms with van der Waals surface area (Å²) >= 11 is 0. The largest absolute Gasteiger partial charge is 0.413 e. The molecule has 4 unspecified atom stereocenters. The molecule has 3 heteroatoms. The van der Waals surface area contributed by atoms with Crippen LogP contribution in [-0.2, 0) is 9.22 Å². The van der Waals surface area contributed by atoms with Crippen molar-refractivity contribution < 1.29 is 9.22 Å². The molecule has 27 heavy (non-hydrogen) atoms. The van der Waals surface area contributed by atoms with Crippen molar-refractivity contribution in [2.75, 3.05) is 0 Å². The van der Waals surface area contributed by atoms with Crippen molar-refractivity contribution in [3.05, 3.63) is 0 Å². The SMILES string of the molecule is CC(C)[Si](OC1CCC23CC4(C)C(=O)C[C@]2(CC43)C1(C)C)(C(C)C)C(C)C. The number of ketones is 1. The molecule has 5 aliphatic carbocycles. The Labute approximate surface area is 168 Å². The summed E-state index contributed by atoms with van der Waals surface area (Å²) < 4.78 is 7.37. The van der Waals surface area contributed by atoms with Gasteiger partial charge in [-0.25, -0.2) is 0 Å². The second kappa shape index (κ2) is 5.50. The maximum Gasteiger partial charge on any atom is 0.200 e. The second-order valence-corrected chi connectivity index (χ2v) is 17.8. The van der Waals surface area contributed by atoms with Crippen molar-refractivity contribution in [1.29, 1.82) is 0 Å². The average molecular weight is 391 g/mol. The van der Waals surface area contributed by atoms with Crippen LogP contribution in [-0.4, -0.2) is 20.2 Å². The summed E-state index contributed by atoms with van der Waals surface area (Å²) in [5, 5.41) is 0. The van der Waals surface area contributed by atoms with Crippen LogP contribution in [0.2, 0.25) is 16.6 Å². The van der Waals surface area contributed by atoms with Crippen LogP contribution in [0.15, 0.2) is 0 Å². The lowest BCUT2D eigenvalue weighted by Crippen LogP contribution is -2.84. The number of hydrogen-bond acceptors (Lipinski definition) is 2. The zero-order valence-corrected chi connectivity index (χ0v) is 20.2. The van der Waals surface area contributed by atoms with Crippen LogP contribution in [0.1, 0.15) is 94.4 Å². The second-order valence-electron chi connectivity index (χ2n) is 12.4. The molecule has 5 saturated carbocycles. The fraction of sp³-hybridized carbons (Fsp3) is 0.958. The minimum absolute atomic E-state index is 0.0256. The summed E-state index contributed by atoms with van der Waals surface area (Å²) in [6.45, 7) is 21.5. The normalized spacial score (nSPS) is 45.0. The molecule has 0 radical (unpaired) electrons. The molecule has 4 bridgehead atoms. The molecule has 154 valence electrons. The zero-order valence-electron chi connectivity index (χ0n) is 19.2. The Kier molecular flexibility index (Phi) is 4.10. The molecule has 5 fully saturated rings. The van der Waals surface area contributed by atoms with Crippen LogP contribution < -0.4 is 0 Å². The van der Waals surface area contributed by atoms with Crippen molar-refractivity contribution in [1.82, 2.24) is 0 Å². The summed E-state index contributed by atoms with van der Waals surface area (Å²) in [6.07, 6.45) is 6.10. The van der Waals surface area contributed by atoms with E-state index in [4.69, 9.17) is 4.43 Å². The van der Waals surface area contributed by atoms with Crippen molar-refractivity contribution in [2.45, 2.75) is 117 Å². The predicted molar refractivity (Wildman–Crippen MR) is 114 cm³/mol. The summed E-state index contributed by atoms with van der Waals surface area (Å²) in [5.74, 6) is 1.24. The molecule has 0 aromatic heterocycles. The molecule has 2 nitrogen and oxygen atoms in total. The van der Waals surface area contributed by atoms with Gasteiger partial charge in [-0.15, -0.1) is 0 Å². The van der Waals surface area contributed by atoms with Gasteiger partial charge in [0, 0.05) is 11.8 Å². The monoisotopic (exact) mass is 390 g/mol. The van der Waals surface area contributed by atoms with Gasteiger partial charge in [0.2, 0.25) is 8.32 Å². The fourth-order valence-corrected chi connectivity index (χ4v) is 15.0. The molecular weight excluding hydrogens is 348 g/mol. The molecule has 5 atom stereocenters. The first-order valence-corrected chi connectivity index (χ1v) is 13.7. The highest BCUT2D eigenvalue weighted by atomic mass is 28.4. The van der Waals surface area contributed by atoms with Crippen molar-refractivity contribution in [3.8, 4) is 0 Å². The van der Waals surface area contributed by atoms with Gasteiger partial charge in [0.1, 0.15) is 5.78 Å². The topological polar surface area (TPSA) is 26.3 Å². The van der Waals surface area contributed by atoms with E-state index in [1.165, 1.54) is 25.7 Å². The highest BCUT2D eigenvalue weighted by Gasteiger charge is 2.87. The number of carbonyl (C=O) groups excluding carboxylic acids is 1. The van der Waals surface area contributed by atoms with Crippen molar-refractivity contribution >= 4 is 14.1 Å². The highest BCUT2D eigenvalue weighted by molar-refractivity contribution is 6.77. The third-order valence-electron chi connectivity index (χ3n) is 10.7. The summed E-state index contributed by atoms with van der Waals surface area (Å²) in [7, 11) is -1.90. The molecule has 0 saturated heterocycles. The fourth-order valence-electron chi connectivity index (χ4n) is 9.29. The van der Waals surface area contributed by atoms with Gasteiger partial charge in [0.05, 0.1) is 6.10 Å². The summed E-state index contributed by atoms with van der Waals surface area (Å²) in [6, 6.07) is 0. The lowest BCUT2D eigenvalue weighted by atomic mass is 9.16. The molecule has 0 amide bonds. The molecule has 0 aromatic rings. The van der Waals surface area contributed by atoms with Gasteiger partial charge in [-0.05, 0) is 64.5 Å². The smallest absolute Gasteiger partial charge is 0.200 e. The van der Waals surface area contributed by atoms with E-state index in [1.54, 1.807) is 0 Å². The maximum atomic E-state index is 13.0. The molecule has 0 heterocycles. The highest BCUT2D eigenvalue weighted by Crippen LogP contribution is 2.90. The number of hydrogen-bond donors (Lipinski definition) is 0. The standard InChI is InChI=1S/C24H42O2Si/c1-15(2)27(16(3)4,17(5)6)26-20-10-11-23-14-22(9)18(23)12-24(23,13-19(22)25)21(20,7)8/h15-18,20H,10-14H2,1-9H3/t18?,20?,22?,23?,24-/m1/s1. The third-order valence-corrected chi connectivity index (χ3v) is 16.8. The van der Waals surface area contributed by atoms with E-state index in [-0.39, 0.29) is 16.2 Å². The number of fused-ring (bicyclic) bond motifs is 1. The van der Waals surface area contributed by atoms with E-state index < -0.39 is 8.32 Å². The Morgan fingerprint density at radius 2 is 1.56 bits per heavy atom. The lowest BCUT2D eigenvalue weighted by molar-refractivity contribution is -0.375. The number of rotatable bonds is 5. The molecular formula is C24H42O2Si. The van der Waals surface area contributed by atoms with Crippen molar-refractivity contribution in [2.24, 2.45) is 27.6 Å². The van der Waals surface area contributed by atoms with Crippen LogP contribution in [0, 0.1) is 27.6 Å². The van der Waals surface area contributed by atoms with Gasteiger partial charge >= 0.3 is 0 Å². The van der Waals surface area contributed by atoms with Gasteiger partial charge in [0.15, 0.2) is 0 Å². The molecule has 0 N–H and O–H groups in total. The Hall–Kier alpha value is -0.153. The van der Waals surface area contributed by atoms with Crippen LogP contribution >= 0.6 is 0 Å².